The van der Waals surface area contributed by atoms with Gasteiger partial charge in [-0.05, 0) is 43.5 Å². The van der Waals surface area contributed by atoms with Crippen LogP contribution < -0.4 is 15.0 Å². The Kier molecular flexibility index (Phi) is 6.12. The number of hydrogen-bond acceptors (Lipinski definition) is 6. The summed E-state index contributed by atoms with van der Waals surface area (Å²) in [6, 6.07) is 7.42. The first-order chi connectivity index (χ1) is 12.7. The molecule has 0 saturated carbocycles. The van der Waals surface area contributed by atoms with Crippen molar-refractivity contribution in [2.75, 3.05) is 45.4 Å². The zero-order valence-corrected chi connectivity index (χ0v) is 15.3. The van der Waals surface area contributed by atoms with Gasteiger partial charge in [0.25, 0.3) is 5.91 Å². The van der Waals surface area contributed by atoms with Gasteiger partial charge in [-0.25, -0.2) is 0 Å². The maximum atomic E-state index is 12.9. The van der Waals surface area contributed by atoms with E-state index in [-0.39, 0.29) is 5.91 Å². The second-order valence-electron chi connectivity index (χ2n) is 6.24. The van der Waals surface area contributed by atoms with Crippen LogP contribution in [-0.4, -0.2) is 51.5 Å². The molecule has 0 bridgehead atoms. The van der Waals surface area contributed by atoms with Crippen molar-refractivity contribution < 1.29 is 18.8 Å². The van der Waals surface area contributed by atoms with E-state index in [0.717, 1.165) is 43.7 Å². The molecule has 1 N–H and O–H groups in total. The topological polar surface area (TPSA) is 76.8 Å². The van der Waals surface area contributed by atoms with Crippen molar-refractivity contribution in [3.63, 3.8) is 0 Å². The fraction of sp³-hybridized carbons (Fsp3) is 0.474. The standard InChI is InChI=1S/C19H25N3O4/c1-24-13-5-10-20-19(23)16-17(14-6-8-15(25-2)9-7-14)26-21-18(16)22-11-3-4-12-22/h6-9H,3-5,10-13H2,1-2H3,(H,20,23). The van der Waals surface area contributed by atoms with Gasteiger partial charge in [-0.15, -0.1) is 0 Å². The number of aromatic nitrogens is 1. The molecule has 0 spiro atoms. The number of nitrogens with zero attached hydrogens (tertiary/aromatic N) is 2. The lowest BCUT2D eigenvalue weighted by molar-refractivity contribution is 0.0949. The second kappa shape index (κ2) is 8.71. The third-order valence-corrected chi connectivity index (χ3v) is 4.47. The van der Waals surface area contributed by atoms with Crippen molar-refractivity contribution in [2.45, 2.75) is 19.3 Å². The average molecular weight is 359 g/mol. The molecule has 1 fully saturated rings. The number of hydrogen-bond donors (Lipinski definition) is 1. The lowest BCUT2D eigenvalue weighted by Crippen LogP contribution is -2.28. The predicted octanol–water partition coefficient (Wildman–Crippen LogP) is 2.72. The Morgan fingerprint density at radius 2 is 1.96 bits per heavy atom. The Labute approximate surface area is 153 Å². The molecule has 1 aliphatic heterocycles. The van der Waals surface area contributed by atoms with E-state index in [1.54, 1.807) is 14.2 Å². The average Bonchev–Trinajstić information content (AvgIpc) is 3.34. The number of amides is 1. The zero-order valence-electron chi connectivity index (χ0n) is 15.3. The molecule has 1 amide bonds. The minimum atomic E-state index is -0.171. The molecule has 7 heteroatoms. The fourth-order valence-electron chi connectivity index (χ4n) is 3.08. The Morgan fingerprint density at radius 3 is 2.62 bits per heavy atom. The van der Waals surface area contributed by atoms with Gasteiger partial charge in [0.05, 0.1) is 7.11 Å². The summed E-state index contributed by atoms with van der Waals surface area (Å²) in [5.74, 6) is 1.69. The molecule has 2 heterocycles. The van der Waals surface area contributed by atoms with E-state index < -0.39 is 0 Å². The van der Waals surface area contributed by atoms with E-state index in [0.29, 0.717) is 30.3 Å². The number of anilines is 1. The molecular weight excluding hydrogens is 334 g/mol. The summed E-state index contributed by atoms with van der Waals surface area (Å²) in [4.78, 5) is 15.0. The lowest BCUT2D eigenvalue weighted by Gasteiger charge is -2.15. The van der Waals surface area contributed by atoms with Crippen LogP contribution in [-0.2, 0) is 4.74 Å². The van der Waals surface area contributed by atoms with Crippen molar-refractivity contribution in [3.05, 3.63) is 29.8 Å². The molecule has 0 aliphatic carbocycles. The van der Waals surface area contributed by atoms with Gasteiger partial charge in [0.2, 0.25) is 0 Å². The van der Waals surface area contributed by atoms with E-state index in [2.05, 4.69) is 15.4 Å². The largest absolute Gasteiger partial charge is 0.497 e. The number of nitrogens with one attached hydrogen (secondary N) is 1. The van der Waals surface area contributed by atoms with Crippen molar-refractivity contribution in [3.8, 4) is 17.1 Å². The quantitative estimate of drug-likeness (QED) is 0.730. The van der Waals surface area contributed by atoms with Crippen LogP contribution in [0.2, 0.25) is 0 Å². The molecule has 0 unspecified atom stereocenters. The molecule has 1 aromatic carbocycles. The molecule has 0 radical (unpaired) electrons. The number of methoxy groups -OCH3 is 2. The maximum absolute atomic E-state index is 12.9. The van der Waals surface area contributed by atoms with Gasteiger partial charge in [0.1, 0.15) is 11.3 Å². The number of carbonyl (C=O) groups is 1. The third-order valence-electron chi connectivity index (χ3n) is 4.47. The van der Waals surface area contributed by atoms with Crippen LogP contribution >= 0.6 is 0 Å². The van der Waals surface area contributed by atoms with Crippen LogP contribution in [0.5, 0.6) is 5.75 Å². The summed E-state index contributed by atoms with van der Waals surface area (Å²) in [7, 11) is 3.27. The van der Waals surface area contributed by atoms with E-state index in [1.165, 1.54) is 0 Å². The molecule has 140 valence electrons. The van der Waals surface area contributed by atoms with Crippen molar-refractivity contribution >= 4 is 11.7 Å². The monoisotopic (exact) mass is 359 g/mol. The van der Waals surface area contributed by atoms with Crippen LogP contribution in [0, 0.1) is 0 Å². The molecule has 0 atom stereocenters. The summed E-state index contributed by atoms with van der Waals surface area (Å²) in [6.07, 6.45) is 2.95. The van der Waals surface area contributed by atoms with Crippen molar-refractivity contribution in [2.24, 2.45) is 0 Å². The summed E-state index contributed by atoms with van der Waals surface area (Å²) >= 11 is 0. The van der Waals surface area contributed by atoms with Gasteiger partial charge >= 0.3 is 0 Å². The minimum absolute atomic E-state index is 0.171. The van der Waals surface area contributed by atoms with E-state index in [1.807, 2.05) is 24.3 Å². The van der Waals surface area contributed by atoms with Crippen LogP contribution in [0.15, 0.2) is 28.8 Å². The Bertz CT molecular complexity index is 721. The Morgan fingerprint density at radius 1 is 1.23 bits per heavy atom. The molecule has 1 aliphatic rings. The minimum Gasteiger partial charge on any atom is -0.497 e. The van der Waals surface area contributed by atoms with Gasteiger partial charge < -0.3 is 24.2 Å². The number of ether oxygens (including phenoxy) is 2. The lowest BCUT2D eigenvalue weighted by atomic mass is 10.1. The highest BCUT2D eigenvalue weighted by Crippen LogP contribution is 2.33. The normalized spacial score (nSPS) is 13.8. The first-order valence-corrected chi connectivity index (χ1v) is 8.90. The van der Waals surface area contributed by atoms with Gasteiger partial charge in [-0.3, -0.25) is 4.79 Å². The van der Waals surface area contributed by atoms with Gasteiger partial charge in [-0.2, -0.15) is 0 Å². The summed E-state index contributed by atoms with van der Waals surface area (Å²) < 4.78 is 15.8. The summed E-state index contributed by atoms with van der Waals surface area (Å²) in [6.45, 7) is 2.92. The number of benzene rings is 1. The highest BCUT2D eigenvalue weighted by molar-refractivity contribution is 6.04. The first kappa shape index (κ1) is 18.3. The molecule has 1 saturated heterocycles. The second-order valence-corrected chi connectivity index (χ2v) is 6.24. The molecule has 2 aromatic rings. The van der Waals surface area contributed by atoms with Crippen molar-refractivity contribution in [1.82, 2.24) is 10.5 Å². The highest BCUT2D eigenvalue weighted by atomic mass is 16.5. The number of rotatable bonds is 8. The molecule has 1 aromatic heterocycles. The molecule has 26 heavy (non-hydrogen) atoms. The zero-order chi connectivity index (χ0) is 18.4. The van der Waals surface area contributed by atoms with Gasteiger partial charge in [-0.1, -0.05) is 5.16 Å². The van der Waals surface area contributed by atoms with Gasteiger partial charge in [0.15, 0.2) is 11.6 Å². The summed E-state index contributed by atoms with van der Waals surface area (Å²) in [5.41, 5.74) is 1.29. The smallest absolute Gasteiger partial charge is 0.259 e. The Hall–Kier alpha value is -2.54. The third kappa shape index (κ3) is 3.99. The van der Waals surface area contributed by atoms with Crippen LogP contribution in [0.3, 0.4) is 0 Å². The first-order valence-electron chi connectivity index (χ1n) is 8.90. The fourth-order valence-corrected chi connectivity index (χ4v) is 3.08. The SMILES string of the molecule is COCCCNC(=O)c1c(N2CCCC2)noc1-c1ccc(OC)cc1. The predicted molar refractivity (Wildman–Crippen MR) is 98.8 cm³/mol. The van der Waals surface area contributed by atoms with E-state index in [9.17, 15) is 4.79 Å². The summed E-state index contributed by atoms with van der Waals surface area (Å²) in [5, 5.41) is 7.16. The Balaban J connectivity index is 1.89. The van der Waals surface area contributed by atoms with E-state index in [4.69, 9.17) is 14.0 Å². The van der Waals surface area contributed by atoms with Crippen LogP contribution in [0.1, 0.15) is 29.6 Å². The van der Waals surface area contributed by atoms with Crippen LogP contribution in [0.4, 0.5) is 5.82 Å². The highest BCUT2D eigenvalue weighted by Gasteiger charge is 2.28. The van der Waals surface area contributed by atoms with Crippen LogP contribution in [0.25, 0.3) is 11.3 Å². The van der Waals surface area contributed by atoms with E-state index >= 15 is 0 Å². The number of carbonyl (C=O) groups excluding carboxylic acids is 1. The maximum Gasteiger partial charge on any atom is 0.259 e. The van der Waals surface area contributed by atoms with Gasteiger partial charge in [0, 0.05) is 38.9 Å². The molecule has 7 nitrogen and oxygen atoms in total. The molecule has 3 rings (SSSR count). The molecular formula is C19H25N3O4. The van der Waals surface area contributed by atoms with Crippen molar-refractivity contribution in [1.29, 1.82) is 0 Å².